The molecule has 1 heterocycles. The van der Waals surface area contributed by atoms with E-state index in [1.54, 1.807) is 30.6 Å². The topological polar surface area (TPSA) is 74.6 Å². The van der Waals surface area contributed by atoms with Gasteiger partial charge in [-0.15, -0.1) is 0 Å². The second kappa shape index (κ2) is 6.05. The zero-order valence-corrected chi connectivity index (χ0v) is 11.6. The Labute approximate surface area is 126 Å². The molecule has 0 saturated heterocycles. The monoisotopic (exact) mass is 291 g/mol. The number of pyridine rings is 1. The van der Waals surface area contributed by atoms with Crippen molar-refractivity contribution in [2.75, 3.05) is 5.43 Å². The van der Waals surface area contributed by atoms with Gasteiger partial charge in [0.25, 0.3) is 0 Å². The zero-order valence-electron chi connectivity index (χ0n) is 11.6. The van der Waals surface area contributed by atoms with Crippen LogP contribution in [-0.2, 0) is 0 Å². The van der Waals surface area contributed by atoms with Gasteiger partial charge in [0.1, 0.15) is 0 Å². The van der Waals surface area contributed by atoms with Crippen molar-refractivity contribution in [1.29, 1.82) is 0 Å². The molecular formula is C17H13N3O2. The first-order chi connectivity index (χ1) is 10.8. The average molecular weight is 291 g/mol. The summed E-state index contributed by atoms with van der Waals surface area (Å²) in [4.78, 5) is 15.5. The lowest BCUT2D eigenvalue weighted by Gasteiger charge is -2.04. The molecule has 0 bridgehead atoms. The van der Waals surface area contributed by atoms with Crippen molar-refractivity contribution in [2.24, 2.45) is 5.10 Å². The predicted octanol–water partition coefficient (Wildman–Crippen LogP) is 3.38. The number of carboxylic acids is 1. The maximum Gasteiger partial charge on any atom is 0.337 e. The van der Waals surface area contributed by atoms with Gasteiger partial charge in [0.2, 0.25) is 0 Å². The van der Waals surface area contributed by atoms with Crippen LogP contribution < -0.4 is 5.43 Å². The van der Waals surface area contributed by atoms with Crippen LogP contribution in [0.2, 0.25) is 0 Å². The maximum atomic E-state index is 11.1. The minimum Gasteiger partial charge on any atom is -0.478 e. The third kappa shape index (κ3) is 2.78. The summed E-state index contributed by atoms with van der Waals surface area (Å²) in [5.74, 6) is -0.995. The largest absolute Gasteiger partial charge is 0.478 e. The molecule has 2 N–H and O–H groups in total. The van der Waals surface area contributed by atoms with Gasteiger partial charge in [0.05, 0.1) is 23.0 Å². The van der Waals surface area contributed by atoms with Crippen molar-refractivity contribution < 1.29 is 9.90 Å². The molecule has 0 amide bonds. The smallest absolute Gasteiger partial charge is 0.337 e. The molecule has 0 aliphatic heterocycles. The Bertz CT molecular complexity index is 854. The van der Waals surface area contributed by atoms with Crippen LogP contribution in [0.25, 0.3) is 10.9 Å². The Balaban J connectivity index is 1.87. The highest BCUT2D eigenvalue weighted by molar-refractivity contribution is 5.98. The van der Waals surface area contributed by atoms with Gasteiger partial charge in [-0.25, -0.2) is 4.79 Å². The number of aromatic nitrogens is 1. The normalized spacial score (nSPS) is 10.9. The number of nitrogens with one attached hydrogen (secondary N) is 1. The highest BCUT2D eigenvalue weighted by Crippen LogP contribution is 2.16. The lowest BCUT2D eigenvalue weighted by molar-refractivity contribution is 0.0698. The quantitative estimate of drug-likeness (QED) is 0.571. The number of benzene rings is 2. The molecule has 0 fully saturated rings. The molecule has 5 nitrogen and oxygen atoms in total. The number of para-hydroxylation sites is 2. The number of rotatable bonds is 4. The van der Waals surface area contributed by atoms with Gasteiger partial charge in [-0.1, -0.05) is 36.4 Å². The molecule has 108 valence electrons. The van der Waals surface area contributed by atoms with Crippen molar-refractivity contribution in [3.8, 4) is 0 Å². The average Bonchev–Trinajstić information content (AvgIpc) is 2.55. The van der Waals surface area contributed by atoms with E-state index in [1.165, 1.54) is 6.07 Å². The van der Waals surface area contributed by atoms with E-state index in [1.807, 2.05) is 30.3 Å². The number of nitrogens with zero attached hydrogens (tertiary/aromatic N) is 2. The molecule has 22 heavy (non-hydrogen) atoms. The van der Waals surface area contributed by atoms with Gasteiger partial charge in [-0.05, 0) is 18.2 Å². The Morgan fingerprint density at radius 2 is 1.91 bits per heavy atom. The van der Waals surface area contributed by atoms with E-state index in [-0.39, 0.29) is 5.56 Å². The molecule has 2 aromatic carbocycles. The summed E-state index contributed by atoms with van der Waals surface area (Å²) >= 11 is 0. The fraction of sp³-hybridized carbons (Fsp3) is 0. The van der Waals surface area contributed by atoms with Crippen LogP contribution in [0.1, 0.15) is 15.9 Å². The molecule has 0 atom stereocenters. The molecule has 3 rings (SSSR count). The van der Waals surface area contributed by atoms with Gasteiger partial charge in [0.15, 0.2) is 0 Å². The number of anilines is 1. The number of carbonyl (C=O) groups is 1. The molecular weight excluding hydrogens is 278 g/mol. The number of hydrazone groups is 1. The number of hydrogen-bond acceptors (Lipinski definition) is 4. The summed E-state index contributed by atoms with van der Waals surface area (Å²) in [6.07, 6.45) is 3.36. The van der Waals surface area contributed by atoms with E-state index in [4.69, 9.17) is 5.11 Å². The van der Waals surface area contributed by atoms with Crippen LogP contribution in [0.4, 0.5) is 5.69 Å². The van der Waals surface area contributed by atoms with Crippen LogP contribution >= 0.6 is 0 Å². The Kier molecular flexibility index (Phi) is 3.78. The molecule has 3 aromatic rings. The van der Waals surface area contributed by atoms with Gasteiger partial charge in [-0.2, -0.15) is 5.10 Å². The van der Waals surface area contributed by atoms with Crippen molar-refractivity contribution in [3.05, 3.63) is 71.9 Å². The minimum absolute atomic E-state index is 0.177. The summed E-state index contributed by atoms with van der Waals surface area (Å²) in [5, 5.41) is 14.3. The summed E-state index contributed by atoms with van der Waals surface area (Å²) in [6, 6.07) is 16.3. The van der Waals surface area contributed by atoms with Crippen molar-refractivity contribution in [3.63, 3.8) is 0 Å². The second-order valence-corrected chi connectivity index (χ2v) is 4.64. The zero-order chi connectivity index (χ0) is 15.4. The van der Waals surface area contributed by atoms with Gasteiger partial charge < -0.3 is 5.11 Å². The van der Waals surface area contributed by atoms with E-state index < -0.39 is 5.97 Å². The lowest BCUT2D eigenvalue weighted by atomic mass is 10.1. The van der Waals surface area contributed by atoms with Gasteiger partial charge in [-0.3, -0.25) is 10.4 Å². The number of carboxylic acid groups (broad SMARTS) is 1. The van der Waals surface area contributed by atoms with E-state index >= 15 is 0 Å². The van der Waals surface area contributed by atoms with E-state index in [0.29, 0.717) is 5.69 Å². The van der Waals surface area contributed by atoms with Crippen LogP contribution in [0, 0.1) is 0 Å². The predicted molar refractivity (Wildman–Crippen MR) is 86.4 cm³/mol. The van der Waals surface area contributed by atoms with Crippen molar-refractivity contribution in [2.45, 2.75) is 0 Å². The van der Waals surface area contributed by atoms with E-state index in [0.717, 1.165) is 16.5 Å². The first-order valence-corrected chi connectivity index (χ1v) is 6.71. The Hall–Kier alpha value is -3.21. The number of hydrogen-bond donors (Lipinski definition) is 2. The van der Waals surface area contributed by atoms with Gasteiger partial charge in [0, 0.05) is 17.1 Å². The summed E-state index contributed by atoms with van der Waals surface area (Å²) in [6.45, 7) is 0. The minimum atomic E-state index is -0.995. The van der Waals surface area contributed by atoms with E-state index in [2.05, 4.69) is 15.5 Å². The maximum absolute atomic E-state index is 11.1. The molecule has 0 saturated carbocycles. The first-order valence-electron chi connectivity index (χ1n) is 6.71. The lowest BCUT2D eigenvalue weighted by Crippen LogP contribution is -2.02. The standard InChI is InChI=1S/C17H13N3O2/c21-17(22)14-8-1-2-9-15(14)20-19-11-13-6-3-5-12-7-4-10-18-16(12)13/h1-11,20H,(H,21,22)/b19-11+. The summed E-state index contributed by atoms with van der Waals surface area (Å²) in [7, 11) is 0. The number of fused-ring (bicyclic) bond motifs is 1. The van der Waals surface area contributed by atoms with Crippen LogP contribution in [0.3, 0.4) is 0 Å². The van der Waals surface area contributed by atoms with Crippen LogP contribution in [0.5, 0.6) is 0 Å². The van der Waals surface area contributed by atoms with E-state index in [9.17, 15) is 4.79 Å². The third-order valence-corrected chi connectivity index (χ3v) is 3.21. The molecule has 0 unspecified atom stereocenters. The SMILES string of the molecule is O=C(O)c1ccccc1N/N=C/c1cccc2cccnc12. The highest BCUT2D eigenvalue weighted by Gasteiger charge is 2.07. The fourth-order valence-corrected chi connectivity index (χ4v) is 2.17. The molecule has 0 aliphatic carbocycles. The van der Waals surface area contributed by atoms with Gasteiger partial charge >= 0.3 is 5.97 Å². The first kappa shape index (κ1) is 13.8. The molecule has 1 aromatic heterocycles. The third-order valence-electron chi connectivity index (χ3n) is 3.21. The summed E-state index contributed by atoms with van der Waals surface area (Å²) in [5.41, 5.74) is 5.10. The molecule has 5 heteroatoms. The Morgan fingerprint density at radius 3 is 2.77 bits per heavy atom. The van der Waals surface area contributed by atoms with Crippen molar-refractivity contribution in [1.82, 2.24) is 4.98 Å². The molecule has 0 radical (unpaired) electrons. The summed E-state index contributed by atoms with van der Waals surface area (Å²) < 4.78 is 0. The molecule has 0 spiro atoms. The van der Waals surface area contributed by atoms with Crippen molar-refractivity contribution >= 4 is 28.8 Å². The molecule has 0 aliphatic rings. The second-order valence-electron chi connectivity index (χ2n) is 4.64. The highest BCUT2D eigenvalue weighted by atomic mass is 16.4. The van der Waals surface area contributed by atoms with Crippen LogP contribution in [0.15, 0.2) is 65.9 Å². The fourth-order valence-electron chi connectivity index (χ4n) is 2.17. The number of aromatic carboxylic acids is 1. The van der Waals surface area contributed by atoms with Crippen LogP contribution in [-0.4, -0.2) is 22.3 Å². The Morgan fingerprint density at radius 1 is 1.09 bits per heavy atom.